The van der Waals surface area contributed by atoms with Crippen LogP contribution in [0.15, 0.2) is 18.2 Å². The van der Waals surface area contributed by atoms with Gasteiger partial charge < -0.3 is 15.4 Å². The first kappa shape index (κ1) is 14.5. The highest BCUT2D eigenvalue weighted by molar-refractivity contribution is 5.95. The Labute approximate surface area is 125 Å². The number of morpholine rings is 1. The number of benzene rings is 1. The van der Waals surface area contributed by atoms with Crippen LogP contribution in [0, 0.1) is 12.7 Å². The fraction of sp³-hybridized carbons (Fsp3) is 0.385. The van der Waals surface area contributed by atoms with E-state index in [1.807, 2.05) is 0 Å². The molecule has 2 heterocycles. The molecule has 2 N–H and O–H groups in total. The summed E-state index contributed by atoms with van der Waals surface area (Å²) in [6.45, 7) is 3.18. The van der Waals surface area contributed by atoms with Gasteiger partial charge in [-0.25, -0.2) is 4.39 Å². The van der Waals surface area contributed by atoms with Crippen LogP contribution in [-0.2, 0) is 9.53 Å². The molecule has 1 amide bonds. The maximum absolute atomic E-state index is 13.9. The zero-order valence-electron chi connectivity index (χ0n) is 11.9. The normalized spacial score (nSPS) is 18.2. The van der Waals surface area contributed by atoms with Crippen LogP contribution in [0.25, 0.3) is 5.69 Å². The van der Waals surface area contributed by atoms with E-state index in [9.17, 15) is 9.18 Å². The Kier molecular flexibility index (Phi) is 4.07. The number of aryl methyl sites for hydroxylation is 1. The number of nitrogens with one attached hydrogen (secondary N) is 2. The van der Waals surface area contributed by atoms with Crippen molar-refractivity contribution in [1.29, 1.82) is 0 Å². The van der Waals surface area contributed by atoms with Gasteiger partial charge in [-0.05, 0) is 35.5 Å². The minimum absolute atomic E-state index is 0.174. The Hall–Kier alpha value is -2.39. The fourth-order valence-electron chi connectivity index (χ4n) is 2.17. The zero-order chi connectivity index (χ0) is 15.5. The van der Waals surface area contributed by atoms with E-state index in [1.165, 1.54) is 22.9 Å². The lowest BCUT2D eigenvalue weighted by atomic mass is 10.2. The van der Waals surface area contributed by atoms with Crippen molar-refractivity contribution in [3.8, 4) is 5.69 Å². The van der Waals surface area contributed by atoms with Crippen molar-refractivity contribution in [3.63, 3.8) is 0 Å². The number of anilines is 1. The van der Waals surface area contributed by atoms with Crippen LogP contribution in [0.1, 0.15) is 5.82 Å². The molecule has 0 aliphatic carbocycles. The molecule has 1 unspecified atom stereocenters. The highest BCUT2D eigenvalue weighted by atomic mass is 19.1. The molecular weight excluding hydrogens is 291 g/mol. The Morgan fingerprint density at radius 3 is 3.09 bits per heavy atom. The van der Waals surface area contributed by atoms with E-state index in [4.69, 9.17) is 4.74 Å². The van der Waals surface area contributed by atoms with Gasteiger partial charge in [0.05, 0.1) is 13.2 Å². The number of amides is 1. The fourth-order valence-corrected chi connectivity index (χ4v) is 2.17. The van der Waals surface area contributed by atoms with Crippen LogP contribution in [0.4, 0.5) is 10.1 Å². The number of aromatic nitrogens is 4. The summed E-state index contributed by atoms with van der Waals surface area (Å²) >= 11 is 0. The number of carbonyl (C=O) groups excluding carboxylic acids is 1. The van der Waals surface area contributed by atoms with Gasteiger partial charge in [-0.15, -0.1) is 5.10 Å². The quantitative estimate of drug-likeness (QED) is 0.831. The first-order valence-electron chi connectivity index (χ1n) is 6.82. The van der Waals surface area contributed by atoms with Gasteiger partial charge in [0.1, 0.15) is 17.5 Å². The van der Waals surface area contributed by atoms with Crippen molar-refractivity contribution in [3.05, 3.63) is 29.8 Å². The summed E-state index contributed by atoms with van der Waals surface area (Å²) in [6.07, 6.45) is 0. The molecule has 0 spiro atoms. The van der Waals surface area contributed by atoms with Gasteiger partial charge in [-0.3, -0.25) is 4.79 Å². The molecule has 0 saturated carbocycles. The van der Waals surface area contributed by atoms with Gasteiger partial charge in [-0.2, -0.15) is 4.68 Å². The number of tetrazole rings is 1. The van der Waals surface area contributed by atoms with Gasteiger partial charge in [0, 0.05) is 12.2 Å². The van der Waals surface area contributed by atoms with Gasteiger partial charge in [0.2, 0.25) is 5.91 Å². The standard InChI is InChI=1S/C13H15FN6O2/c1-8-17-18-19-20(8)12-6-9(2-3-10(12)14)16-13(21)11-7-22-5-4-15-11/h2-3,6,11,15H,4-5,7H2,1H3,(H,16,21). The molecule has 1 aromatic carbocycles. The Balaban J connectivity index is 1.80. The van der Waals surface area contributed by atoms with Crippen LogP contribution >= 0.6 is 0 Å². The van der Waals surface area contributed by atoms with Crippen LogP contribution in [0.5, 0.6) is 0 Å². The average molecular weight is 306 g/mol. The minimum Gasteiger partial charge on any atom is -0.378 e. The van der Waals surface area contributed by atoms with Crippen LogP contribution in [0.2, 0.25) is 0 Å². The summed E-state index contributed by atoms with van der Waals surface area (Å²) in [6, 6.07) is 3.81. The Morgan fingerprint density at radius 1 is 1.55 bits per heavy atom. The number of ether oxygens (including phenoxy) is 1. The van der Waals surface area contributed by atoms with Crippen LogP contribution in [0.3, 0.4) is 0 Å². The largest absolute Gasteiger partial charge is 0.378 e. The van der Waals surface area contributed by atoms with E-state index < -0.39 is 11.9 Å². The van der Waals surface area contributed by atoms with E-state index in [2.05, 4.69) is 26.2 Å². The van der Waals surface area contributed by atoms with Gasteiger partial charge in [-0.1, -0.05) is 0 Å². The van der Waals surface area contributed by atoms with Gasteiger partial charge in [0.15, 0.2) is 5.82 Å². The van der Waals surface area contributed by atoms with E-state index in [0.717, 1.165) is 0 Å². The van der Waals surface area contributed by atoms with Crippen molar-refractivity contribution in [1.82, 2.24) is 25.5 Å². The van der Waals surface area contributed by atoms with E-state index in [-0.39, 0.29) is 11.6 Å². The second kappa shape index (κ2) is 6.16. The van der Waals surface area contributed by atoms with Crippen LogP contribution < -0.4 is 10.6 Å². The summed E-state index contributed by atoms with van der Waals surface area (Å²) in [5, 5.41) is 16.7. The predicted octanol–water partition coefficient (Wildman–Crippen LogP) is 0.0367. The summed E-state index contributed by atoms with van der Waals surface area (Å²) in [5.74, 6) is -0.261. The minimum atomic E-state index is -0.479. The van der Waals surface area contributed by atoms with Crippen molar-refractivity contribution in [2.45, 2.75) is 13.0 Å². The molecule has 1 aliphatic rings. The number of nitrogens with zero attached hydrogens (tertiary/aromatic N) is 4. The molecule has 116 valence electrons. The SMILES string of the molecule is Cc1nnnn1-c1cc(NC(=O)C2COCCN2)ccc1F. The smallest absolute Gasteiger partial charge is 0.243 e. The summed E-state index contributed by atoms with van der Waals surface area (Å²) in [5.41, 5.74) is 0.636. The predicted molar refractivity (Wildman–Crippen MR) is 75.1 cm³/mol. The molecular formula is C13H15FN6O2. The van der Waals surface area contributed by atoms with Crippen LogP contribution in [-0.4, -0.2) is 51.9 Å². The van der Waals surface area contributed by atoms with Crippen molar-refractivity contribution < 1.29 is 13.9 Å². The first-order valence-corrected chi connectivity index (χ1v) is 6.82. The summed E-state index contributed by atoms with van der Waals surface area (Å²) in [7, 11) is 0. The van der Waals surface area contributed by atoms with Gasteiger partial charge >= 0.3 is 0 Å². The molecule has 8 nitrogen and oxygen atoms in total. The van der Waals surface area contributed by atoms with E-state index >= 15 is 0 Å². The van der Waals surface area contributed by atoms with E-state index in [0.29, 0.717) is 31.3 Å². The average Bonchev–Trinajstić information content (AvgIpc) is 2.96. The number of rotatable bonds is 3. The number of carbonyl (C=O) groups is 1. The zero-order valence-corrected chi connectivity index (χ0v) is 11.9. The van der Waals surface area contributed by atoms with Crippen molar-refractivity contribution >= 4 is 11.6 Å². The monoisotopic (exact) mass is 306 g/mol. The molecule has 22 heavy (non-hydrogen) atoms. The Bertz CT molecular complexity index is 683. The first-order chi connectivity index (χ1) is 10.6. The summed E-state index contributed by atoms with van der Waals surface area (Å²) < 4.78 is 20.5. The van der Waals surface area contributed by atoms with Crippen molar-refractivity contribution in [2.24, 2.45) is 0 Å². The molecule has 1 atom stereocenters. The lowest BCUT2D eigenvalue weighted by Crippen LogP contribution is -2.48. The molecule has 2 aromatic rings. The molecule has 1 saturated heterocycles. The second-order valence-electron chi connectivity index (χ2n) is 4.87. The number of hydrogen-bond donors (Lipinski definition) is 2. The Morgan fingerprint density at radius 2 is 2.41 bits per heavy atom. The third kappa shape index (κ3) is 2.95. The second-order valence-corrected chi connectivity index (χ2v) is 4.87. The topological polar surface area (TPSA) is 94.0 Å². The molecule has 0 bridgehead atoms. The number of hydrogen-bond acceptors (Lipinski definition) is 6. The van der Waals surface area contributed by atoms with E-state index in [1.54, 1.807) is 6.92 Å². The third-order valence-corrected chi connectivity index (χ3v) is 3.31. The van der Waals surface area contributed by atoms with Crippen molar-refractivity contribution in [2.75, 3.05) is 25.1 Å². The molecule has 1 aromatic heterocycles. The lowest BCUT2D eigenvalue weighted by molar-refractivity contribution is -0.120. The maximum atomic E-state index is 13.9. The number of halogens is 1. The summed E-state index contributed by atoms with van der Waals surface area (Å²) in [4.78, 5) is 12.1. The molecule has 9 heteroatoms. The maximum Gasteiger partial charge on any atom is 0.243 e. The van der Waals surface area contributed by atoms with Gasteiger partial charge in [0.25, 0.3) is 0 Å². The molecule has 3 rings (SSSR count). The molecule has 1 fully saturated rings. The highest BCUT2D eigenvalue weighted by Crippen LogP contribution is 2.19. The lowest BCUT2D eigenvalue weighted by Gasteiger charge is -2.23. The molecule has 0 radical (unpaired) electrons. The highest BCUT2D eigenvalue weighted by Gasteiger charge is 2.21. The third-order valence-electron chi connectivity index (χ3n) is 3.31. The molecule has 1 aliphatic heterocycles.